The van der Waals surface area contributed by atoms with Crippen molar-refractivity contribution in [3.05, 3.63) is 126 Å². The molecule has 0 N–H and O–H groups in total. The van der Waals surface area contributed by atoms with Crippen molar-refractivity contribution >= 4 is 67.0 Å². The van der Waals surface area contributed by atoms with E-state index in [1.165, 1.54) is 11.1 Å². The Morgan fingerprint density at radius 2 is 0.808 bits per heavy atom. The van der Waals surface area contributed by atoms with Gasteiger partial charge in [0.25, 0.3) is 0 Å². The number of ether oxygens (including phenoxy) is 2. The van der Waals surface area contributed by atoms with Crippen LogP contribution in [0, 0.1) is 136 Å². The first-order chi connectivity index (χ1) is 23.4. The van der Waals surface area contributed by atoms with Crippen LogP contribution in [-0.2, 0) is 74.8 Å². The summed E-state index contributed by atoms with van der Waals surface area (Å²) >= 11 is 9.44. The first kappa shape index (κ1) is 57.3. The van der Waals surface area contributed by atoms with Gasteiger partial charge in [-0.25, -0.2) is 12.8 Å². The van der Waals surface area contributed by atoms with E-state index in [1.807, 2.05) is 116 Å². The van der Waals surface area contributed by atoms with E-state index in [9.17, 15) is 0 Å². The second-order valence-electron chi connectivity index (χ2n) is 16.2. The number of hydrogen-bond donors (Lipinski definition) is 0. The van der Waals surface area contributed by atoms with Crippen LogP contribution in [0.2, 0.25) is 39.3 Å². The molecule has 0 bridgehead atoms. The van der Waals surface area contributed by atoms with E-state index in [1.54, 1.807) is 0 Å². The Morgan fingerprint density at radius 3 is 1.00 bits per heavy atom. The summed E-state index contributed by atoms with van der Waals surface area (Å²) in [5, 5.41) is 0. The van der Waals surface area contributed by atoms with Crippen LogP contribution in [0.3, 0.4) is 0 Å². The maximum atomic E-state index is 5.81. The summed E-state index contributed by atoms with van der Waals surface area (Å²) in [4.78, 5) is 9.52. The zero-order chi connectivity index (χ0) is 38.2. The van der Waals surface area contributed by atoms with E-state index in [0.29, 0.717) is 13.2 Å². The van der Waals surface area contributed by atoms with E-state index < -0.39 is 16.1 Å². The standard InChI is InChI=1S/2C15H23NOSi.2C5H5.2Fe.2HI.2Pd/c2*1-15(2,3)13-10-17-14(16-13)11-8-7-9-12(11)18(4,5)6;2*1-2-4-5-3-1;;;;;;/h2*7,9,13H,10H2,1-6H3;2*1-5H;;;2*1H;;/q2*-1;;;2*+2;;;2*+2/p-2/t2*13-;;;;;;;;/m11......../s1. The van der Waals surface area contributed by atoms with Crippen molar-refractivity contribution in [3.63, 3.8) is 0 Å². The summed E-state index contributed by atoms with van der Waals surface area (Å²) in [5.41, 5.74) is 3.12. The zero-order valence-corrected chi connectivity index (χ0v) is 44.1. The molecule has 0 aromatic heterocycles. The summed E-state index contributed by atoms with van der Waals surface area (Å²) in [5.74, 6) is 3.80. The molecule has 4 saturated carbocycles. The van der Waals surface area contributed by atoms with Crippen LogP contribution in [-0.4, -0.2) is 53.2 Å². The van der Waals surface area contributed by atoms with Gasteiger partial charge in [-0.2, -0.15) is 0 Å². The van der Waals surface area contributed by atoms with Crippen molar-refractivity contribution in [1.82, 2.24) is 0 Å². The second kappa shape index (κ2) is 28.6. The molecule has 4 fully saturated rings. The molecule has 6 rings (SSSR count). The topological polar surface area (TPSA) is 43.2 Å². The Kier molecular flexibility index (Phi) is 31.5. The molecule has 6 aliphatic rings. The van der Waals surface area contributed by atoms with Gasteiger partial charge in [0.1, 0.15) is 13.2 Å². The van der Waals surface area contributed by atoms with Crippen LogP contribution in [0.5, 0.6) is 0 Å². The fourth-order valence-corrected chi connectivity index (χ4v) is 7.92. The average Bonchev–Trinajstić information content (AvgIpc) is 3.88. The van der Waals surface area contributed by atoms with Gasteiger partial charge in [0.15, 0.2) is 11.8 Å². The summed E-state index contributed by atoms with van der Waals surface area (Å²) in [6.07, 6.45) is 35.0. The van der Waals surface area contributed by atoms with Crippen LogP contribution < -0.4 is 0 Å². The Hall–Kier alpha value is 3.20. The van der Waals surface area contributed by atoms with Crippen LogP contribution in [0.4, 0.5) is 0 Å². The third kappa shape index (κ3) is 20.9. The van der Waals surface area contributed by atoms with Gasteiger partial charge in [-0.05, 0) is 86.1 Å². The third-order valence-corrected chi connectivity index (χ3v) is 12.0. The van der Waals surface area contributed by atoms with Crippen molar-refractivity contribution in [2.24, 2.45) is 20.8 Å². The number of aliphatic imine (C=N–C) groups is 2. The molecule has 2 atom stereocenters. The summed E-state index contributed by atoms with van der Waals surface area (Å²) < 4.78 is 11.6. The normalized spacial score (nSPS) is 23.9. The molecule has 0 saturated heterocycles. The molecule has 0 spiro atoms. The van der Waals surface area contributed by atoms with E-state index in [4.69, 9.17) is 19.5 Å². The van der Waals surface area contributed by atoms with E-state index >= 15 is 0 Å². The number of halogens is 2. The third-order valence-electron chi connectivity index (χ3n) is 7.95. The molecule has 52 heavy (non-hydrogen) atoms. The van der Waals surface area contributed by atoms with Gasteiger partial charge in [-0.15, -0.1) is 11.8 Å². The van der Waals surface area contributed by atoms with E-state index in [2.05, 4.69) is 138 Å². The molecule has 12 heteroatoms. The maximum absolute atomic E-state index is 5.81. The van der Waals surface area contributed by atoms with Crippen molar-refractivity contribution in [1.29, 1.82) is 0 Å². The summed E-state index contributed by atoms with van der Waals surface area (Å²) in [6, 6.07) is 0.510. The van der Waals surface area contributed by atoms with Crippen molar-refractivity contribution in [2.75, 3.05) is 13.2 Å². The average molecular weight is 1230 g/mol. The van der Waals surface area contributed by atoms with Crippen LogP contribution in [0.15, 0.2) is 9.98 Å². The van der Waals surface area contributed by atoms with Crippen molar-refractivity contribution in [3.8, 4) is 0 Å². The summed E-state index contributed by atoms with van der Waals surface area (Å²) in [7, 11) is -2.71. The van der Waals surface area contributed by atoms with Gasteiger partial charge in [-0.3, -0.25) is 9.98 Å². The molecule has 292 valence electrons. The molecular formula is C40H56Fe2I2N2O2Pd2Si2+4. The molecular weight excluding hydrogens is 1170 g/mol. The van der Waals surface area contributed by atoms with Gasteiger partial charge in [0.2, 0.25) is 0 Å². The van der Waals surface area contributed by atoms with Gasteiger partial charge in [-0.1, -0.05) is 93.7 Å². The first-order valence-electron chi connectivity index (χ1n) is 16.7. The second-order valence-corrected chi connectivity index (χ2v) is 26.3. The monoisotopic (exact) mass is 1230 g/mol. The Bertz CT molecular complexity index is 901. The van der Waals surface area contributed by atoms with Crippen LogP contribution in [0.25, 0.3) is 0 Å². The van der Waals surface area contributed by atoms with Crippen LogP contribution >= 0.6 is 39.0 Å². The van der Waals surface area contributed by atoms with Gasteiger partial charge >= 0.3 is 104 Å². The molecule has 0 amide bonds. The molecule has 4 aliphatic carbocycles. The molecule has 0 unspecified atom stereocenters. The Balaban J connectivity index is 0. The molecule has 2 aliphatic heterocycles. The zero-order valence-electron chi connectivity index (χ0n) is 32.5. The van der Waals surface area contributed by atoms with Gasteiger partial charge in [0, 0.05) is 16.1 Å². The Morgan fingerprint density at radius 1 is 0.558 bits per heavy atom. The number of hydrogen-bond acceptors (Lipinski definition) is 4. The molecule has 0 aromatic rings. The molecule has 20 radical (unpaired) electrons. The van der Waals surface area contributed by atoms with E-state index in [-0.39, 0.29) is 57.1 Å². The molecule has 2 heterocycles. The van der Waals surface area contributed by atoms with Crippen LogP contribution in [0.1, 0.15) is 41.5 Å². The quantitative estimate of drug-likeness (QED) is 0.160. The SMILES string of the molecule is CC(C)(C)[C@H]1COC([C]2[C-][CH][CH][C]2[Si](C)(C)C)=N1.CC(C)(C)[C@H]1COC([C]2[C-][CH][CH][C]2[Si](C)(C)C)=N1.[CH]1[CH][CH][CH][CH]1.[CH]1[CH][CH][CH][CH]1.[Fe+2].[Fe+2].[Pd+][I].[Pd+][I]. The minimum atomic E-state index is -1.35. The fraction of sp³-hybridized carbons (Fsp3) is 0.450. The van der Waals surface area contributed by atoms with Gasteiger partial charge in [0.05, 0.1) is 12.1 Å². The minimum absolute atomic E-state index is 0. The fourth-order valence-electron chi connectivity index (χ4n) is 4.89. The Labute approximate surface area is 389 Å². The first-order valence-corrected chi connectivity index (χ1v) is 33.0. The van der Waals surface area contributed by atoms with Crippen molar-refractivity contribution < 1.29 is 74.8 Å². The predicted octanol–water partition coefficient (Wildman–Crippen LogP) is 10.5. The molecule has 4 nitrogen and oxygen atoms in total. The summed E-state index contributed by atoms with van der Waals surface area (Å²) in [6.45, 7) is 28.7. The number of rotatable bonds is 4. The predicted molar refractivity (Wildman–Crippen MR) is 228 cm³/mol. The van der Waals surface area contributed by atoms with E-state index in [0.717, 1.165) is 23.6 Å². The number of nitrogens with zero attached hydrogens (tertiary/aromatic N) is 2. The molecule has 0 aromatic carbocycles. The van der Waals surface area contributed by atoms with Crippen molar-refractivity contribution in [2.45, 2.75) is 92.9 Å². The van der Waals surface area contributed by atoms with Gasteiger partial charge < -0.3 is 22.3 Å².